The monoisotopic (exact) mass is 323 g/mol. The molecule has 0 bridgehead atoms. The van der Waals surface area contributed by atoms with E-state index in [1.165, 1.54) is 12.1 Å². The average molecular weight is 324 g/mol. The highest BCUT2D eigenvalue weighted by molar-refractivity contribution is 6.30. The highest BCUT2D eigenvalue weighted by atomic mass is 35.5. The number of hydrogen-bond donors (Lipinski definition) is 0. The van der Waals surface area contributed by atoms with E-state index in [0.717, 1.165) is 25.1 Å². The molecule has 21 heavy (non-hydrogen) atoms. The van der Waals surface area contributed by atoms with E-state index in [0.29, 0.717) is 12.5 Å². The van der Waals surface area contributed by atoms with Crippen molar-refractivity contribution in [1.29, 1.82) is 0 Å². The Morgan fingerprint density at radius 1 is 1.29 bits per heavy atom. The lowest BCUT2D eigenvalue weighted by Gasteiger charge is -2.16. The molecule has 1 aliphatic rings. The summed E-state index contributed by atoms with van der Waals surface area (Å²) in [6.07, 6.45) is -3.57. The molecule has 2 nitrogen and oxygen atoms in total. The molecule has 0 radical (unpaired) electrons. The van der Waals surface area contributed by atoms with E-state index < -0.39 is 6.36 Å². The summed E-state index contributed by atoms with van der Waals surface area (Å²) in [6, 6.07) is 4.24. The summed E-state index contributed by atoms with van der Waals surface area (Å²) in [4.78, 5) is 2.20. The molecule has 1 aromatic rings. The Hall–Kier alpha value is -0.940. The van der Waals surface area contributed by atoms with E-state index in [2.05, 4.69) is 16.6 Å². The van der Waals surface area contributed by atoms with Crippen LogP contribution in [0.5, 0.6) is 5.75 Å². The summed E-state index contributed by atoms with van der Waals surface area (Å²) < 4.78 is 40.5. The van der Waals surface area contributed by atoms with Crippen molar-refractivity contribution in [2.24, 2.45) is 5.92 Å². The first-order valence-corrected chi connectivity index (χ1v) is 7.47. The molecule has 1 fully saturated rings. The first-order valence-electron chi connectivity index (χ1n) is 7.09. The Balaban J connectivity index is 0.00000106. The molecule has 1 heterocycles. The smallest absolute Gasteiger partial charge is 0.406 e. The molecule has 0 saturated carbocycles. The molecule has 2 rings (SSSR count). The number of likely N-dealkylation sites (tertiary alicyclic amines) is 1. The lowest BCUT2D eigenvalue weighted by atomic mass is 10.2. The number of ether oxygens (including phenoxy) is 1. The summed E-state index contributed by atoms with van der Waals surface area (Å²) >= 11 is 5.83. The third-order valence-electron chi connectivity index (χ3n) is 3.08. The first-order chi connectivity index (χ1) is 9.82. The van der Waals surface area contributed by atoms with Gasteiger partial charge in [-0.15, -0.1) is 13.2 Å². The second-order valence-corrected chi connectivity index (χ2v) is 5.41. The standard InChI is InChI=1S/C13H15ClF3NO.C2H6/c1-9-2-3-18(7-9)8-10-4-11(14)6-12(5-10)19-13(15,16)17;1-2/h4-6,9H,2-3,7-8H2,1H3;1-2H3. The van der Waals surface area contributed by atoms with Crippen LogP contribution in [0.2, 0.25) is 5.02 Å². The maximum atomic E-state index is 12.2. The molecule has 0 spiro atoms. The molecule has 0 aliphatic carbocycles. The van der Waals surface area contributed by atoms with Crippen LogP contribution in [-0.2, 0) is 6.54 Å². The predicted molar refractivity (Wildman–Crippen MR) is 78.5 cm³/mol. The van der Waals surface area contributed by atoms with Gasteiger partial charge in [-0.2, -0.15) is 0 Å². The molecule has 1 aromatic carbocycles. The number of alkyl halides is 3. The molecular formula is C15H21ClF3NO. The minimum absolute atomic E-state index is 0.254. The topological polar surface area (TPSA) is 12.5 Å². The summed E-state index contributed by atoms with van der Waals surface area (Å²) in [5, 5.41) is 0.254. The van der Waals surface area contributed by atoms with Crippen LogP contribution in [0.4, 0.5) is 13.2 Å². The lowest BCUT2D eigenvalue weighted by molar-refractivity contribution is -0.274. The fraction of sp³-hybridized carbons (Fsp3) is 0.600. The summed E-state index contributed by atoms with van der Waals surface area (Å²) in [6.45, 7) is 8.68. The number of benzene rings is 1. The van der Waals surface area contributed by atoms with Gasteiger partial charge in [0.05, 0.1) is 0 Å². The predicted octanol–water partition coefficient (Wildman–Crippen LogP) is 5.11. The van der Waals surface area contributed by atoms with Gasteiger partial charge in [-0.05, 0) is 42.6 Å². The van der Waals surface area contributed by atoms with Gasteiger partial charge in [0.1, 0.15) is 5.75 Å². The molecule has 1 atom stereocenters. The Kier molecular flexibility index (Phi) is 6.81. The number of hydrogen-bond acceptors (Lipinski definition) is 2. The van der Waals surface area contributed by atoms with Gasteiger partial charge in [-0.25, -0.2) is 0 Å². The van der Waals surface area contributed by atoms with Crippen LogP contribution in [0.15, 0.2) is 18.2 Å². The summed E-state index contributed by atoms with van der Waals surface area (Å²) in [5.41, 5.74) is 0.737. The first kappa shape index (κ1) is 18.1. The van der Waals surface area contributed by atoms with Crippen LogP contribution in [0, 0.1) is 5.92 Å². The number of halogens is 4. The Morgan fingerprint density at radius 2 is 1.95 bits per heavy atom. The van der Waals surface area contributed by atoms with Crippen molar-refractivity contribution >= 4 is 11.6 Å². The Labute approximate surface area is 128 Å². The van der Waals surface area contributed by atoms with Crippen LogP contribution in [-0.4, -0.2) is 24.4 Å². The van der Waals surface area contributed by atoms with Crippen LogP contribution in [0.3, 0.4) is 0 Å². The molecule has 1 saturated heterocycles. The molecule has 1 aliphatic heterocycles. The summed E-state index contributed by atoms with van der Waals surface area (Å²) in [5.74, 6) is 0.368. The van der Waals surface area contributed by atoms with Crippen molar-refractivity contribution in [3.8, 4) is 5.75 Å². The SMILES string of the molecule is CC.CC1CCN(Cc2cc(Cl)cc(OC(F)(F)F)c2)C1. The lowest BCUT2D eigenvalue weighted by Crippen LogP contribution is -2.20. The second-order valence-electron chi connectivity index (χ2n) is 4.97. The molecule has 0 N–H and O–H groups in total. The quantitative estimate of drug-likeness (QED) is 0.766. The second kappa shape index (κ2) is 7.90. The summed E-state index contributed by atoms with van der Waals surface area (Å²) in [7, 11) is 0. The Bertz CT molecular complexity index is 451. The van der Waals surface area contributed by atoms with E-state index >= 15 is 0 Å². The van der Waals surface area contributed by atoms with Gasteiger partial charge in [0.15, 0.2) is 0 Å². The van der Waals surface area contributed by atoms with Gasteiger partial charge in [-0.3, -0.25) is 4.90 Å². The van der Waals surface area contributed by atoms with E-state index in [4.69, 9.17) is 11.6 Å². The molecule has 0 aromatic heterocycles. The van der Waals surface area contributed by atoms with E-state index in [-0.39, 0.29) is 10.8 Å². The minimum Gasteiger partial charge on any atom is -0.406 e. The van der Waals surface area contributed by atoms with E-state index in [1.807, 2.05) is 13.8 Å². The van der Waals surface area contributed by atoms with Crippen LogP contribution < -0.4 is 4.74 Å². The van der Waals surface area contributed by atoms with Crippen molar-refractivity contribution in [3.63, 3.8) is 0 Å². The van der Waals surface area contributed by atoms with Crippen molar-refractivity contribution in [3.05, 3.63) is 28.8 Å². The third-order valence-corrected chi connectivity index (χ3v) is 3.30. The fourth-order valence-corrected chi connectivity index (χ4v) is 2.58. The van der Waals surface area contributed by atoms with Crippen LogP contribution >= 0.6 is 11.6 Å². The highest BCUT2D eigenvalue weighted by Gasteiger charge is 2.31. The minimum atomic E-state index is -4.69. The molecule has 120 valence electrons. The normalized spacial score (nSPS) is 19.1. The number of rotatable bonds is 3. The molecule has 6 heteroatoms. The van der Waals surface area contributed by atoms with Gasteiger partial charge in [0.25, 0.3) is 0 Å². The van der Waals surface area contributed by atoms with Crippen LogP contribution in [0.1, 0.15) is 32.8 Å². The average Bonchev–Trinajstić information content (AvgIpc) is 2.74. The largest absolute Gasteiger partial charge is 0.573 e. The third kappa shape index (κ3) is 6.57. The van der Waals surface area contributed by atoms with Crippen molar-refractivity contribution in [1.82, 2.24) is 4.90 Å². The Morgan fingerprint density at radius 3 is 2.48 bits per heavy atom. The number of nitrogens with zero attached hydrogens (tertiary/aromatic N) is 1. The maximum Gasteiger partial charge on any atom is 0.573 e. The van der Waals surface area contributed by atoms with Crippen molar-refractivity contribution < 1.29 is 17.9 Å². The van der Waals surface area contributed by atoms with Gasteiger partial charge in [0, 0.05) is 18.1 Å². The van der Waals surface area contributed by atoms with E-state index in [1.54, 1.807) is 6.07 Å². The van der Waals surface area contributed by atoms with Crippen LogP contribution in [0.25, 0.3) is 0 Å². The maximum absolute atomic E-state index is 12.2. The zero-order valence-electron chi connectivity index (χ0n) is 12.5. The van der Waals surface area contributed by atoms with Gasteiger partial charge in [0.2, 0.25) is 0 Å². The zero-order chi connectivity index (χ0) is 16.0. The van der Waals surface area contributed by atoms with E-state index in [9.17, 15) is 13.2 Å². The molecular weight excluding hydrogens is 303 g/mol. The highest BCUT2D eigenvalue weighted by Crippen LogP contribution is 2.28. The zero-order valence-corrected chi connectivity index (χ0v) is 13.3. The molecule has 1 unspecified atom stereocenters. The van der Waals surface area contributed by atoms with Crippen molar-refractivity contribution in [2.75, 3.05) is 13.1 Å². The fourth-order valence-electron chi connectivity index (χ4n) is 2.33. The molecule has 0 amide bonds. The van der Waals surface area contributed by atoms with Gasteiger partial charge in [-0.1, -0.05) is 32.4 Å². The van der Waals surface area contributed by atoms with Gasteiger partial charge < -0.3 is 4.74 Å². The van der Waals surface area contributed by atoms with Gasteiger partial charge >= 0.3 is 6.36 Å². The van der Waals surface area contributed by atoms with Crippen molar-refractivity contribution in [2.45, 2.75) is 40.1 Å².